The van der Waals surface area contributed by atoms with Crippen LogP contribution in [0.2, 0.25) is 10.0 Å². The molecule has 31 heavy (non-hydrogen) atoms. The Morgan fingerprint density at radius 1 is 1.03 bits per heavy atom. The molecule has 1 N–H and O–H groups in total. The molecule has 0 unspecified atom stereocenters. The van der Waals surface area contributed by atoms with Gasteiger partial charge in [-0.1, -0.05) is 41.4 Å². The molecule has 1 fully saturated rings. The molecule has 3 heterocycles. The smallest absolute Gasteiger partial charge is 0.150 e. The van der Waals surface area contributed by atoms with Gasteiger partial charge in [-0.15, -0.1) is 0 Å². The van der Waals surface area contributed by atoms with Crippen LogP contribution in [0.5, 0.6) is 0 Å². The number of nitrogens with zero attached hydrogens (tertiary/aromatic N) is 3. The molecule has 158 valence electrons. The lowest BCUT2D eigenvalue weighted by Gasteiger charge is -2.24. The number of aryl methyl sites for hydroxylation is 1. The Morgan fingerprint density at radius 3 is 2.65 bits per heavy atom. The predicted octanol–water partition coefficient (Wildman–Crippen LogP) is 6.29. The van der Waals surface area contributed by atoms with Crippen LogP contribution in [0.1, 0.15) is 18.4 Å². The fourth-order valence-electron chi connectivity index (χ4n) is 4.06. The highest BCUT2D eigenvalue weighted by Crippen LogP contribution is 2.38. The number of ether oxygens (including phenoxy) is 1. The van der Waals surface area contributed by atoms with Crippen molar-refractivity contribution < 1.29 is 4.74 Å². The van der Waals surface area contributed by atoms with Gasteiger partial charge in [-0.25, -0.2) is 9.97 Å². The van der Waals surface area contributed by atoms with Crippen LogP contribution in [0.25, 0.3) is 27.8 Å². The Morgan fingerprint density at radius 2 is 1.87 bits per heavy atom. The molecule has 4 aromatic rings. The second-order valence-electron chi connectivity index (χ2n) is 7.83. The number of hydrogen-bond acceptors (Lipinski definition) is 4. The molecule has 2 aromatic heterocycles. The van der Waals surface area contributed by atoms with Gasteiger partial charge in [0.1, 0.15) is 12.1 Å². The van der Waals surface area contributed by atoms with E-state index in [0.29, 0.717) is 16.1 Å². The van der Waals surface area contributed by atoms with Gasteiger partial charge in [0.15, 0.2) is 5.65 Å². The predicted molar refractivity (Wildman–Crippen MR) is 127 cm³/mol. The van der Waals surface area contributed by atoms with Crippen LogP contribution in [0.4, 0.5) is 5.82 Å². The van der Waals surface area contributed by atoms with Crippen molar-refractivity contribution in [2.45, 2.75) is 25.8 Å². The molecule has 0 aliphatic carbocycles. The molecular weight excluding hydrogens is 431 g/mol. The third kappa shape index (κ3) is 4.01. The fourth-order valence-corrected chi connectivity index (χ4v) is 4.36. The summed E-state index contributed by atoms with van der Waals surface area (Å²) in [5, 5.41) is 5.65. The summed E-state index contributed by atoms with van der Waals surface area (Å²) in [6.07, 6.45) is 5.62. The zero-order valence-electron chi connectivity index (χ0n) is 17.1. The molecule has 2 aromatic carbocycles. The molecule has 1 aliphatic rings. The Balaban J connectivity index is 1.72. The summed E-state index contributed by atoms with van der Waals surface area (Å²) in [7, 11) is 0. The maximum atomic E-state index is 6.36. The van der Waals surface area contributed by atoms with Crippen LogP contribution in [-0.4, -0.2) is 33.8 Å². The van der Waals surface area contributed by atoms with Gasteiger partial charge in [-0.05, 0) is 55.2 Å². The van der Waals surface area contributed by atoms with E-state index in [1.54, 1.807) is 6.33 Å². The second-order valence-corrected chi connectivity index (χ2v) is 8.65. The largest absolute Gasteiger partial charge is 0.381 e. The number of rotatable bonds is 4. The molecule has 0 radical (unpaired) electrons. The van der Waals surface area contributed by atoms with Crippen molar-refractivity contribution in [1.82, 2.24) is 14.5 Å². The number of benzene rings is 2. The molecule has 0 bridgehead atoms. The molecular formula is C24H22Cl2N4O. The van der Waals surface area contributed by atoms with E-state index in [9.17, 15) is 0 Å². The Labute approximate surface area is 191 Å². The molecule has 1 aliphatic heterocycles. The highest BCUT2D eigenvalue weighted by atomic mass is 35.5. The first kappa shape index (κ1) is 20.3. The van der Waals surface area contributed by atoms with Gasteiger partial charge in [0, 0.05) is 36.7 Å². The topological polar surface area (TPSA) is 52.0 Å². The van der Waals surface area contributed by atoms with E-state index in [0.717, 1.165) is 59.7 Å². The number of hydrogen-bond donors (Lipinski definition) is 1. The monoisotopic (exact) mass is 452 g/mol. The number of fused-ring (bicyclic) bond motifs is 1. The number of aromatic nitrogens is 3. The molecule has 5 rings (SSSR count). The second kappa shape index (κ2) is 8.50. The van der Waals surface area contributed by atoms with Crippen LogP contribution in [0, 0.1) is 6.92 Å². The quantitative estimate of drug-likeness (QED) is 0.394. The Hall–Kier alpha value is -2.60. The Bertz CT molecular complexity index is 1250. The van der Waals surface area contributed by atoms with E-state index >= 15 is 0 Å². The van der Waals surface area contributed by atoms with Gasteiger partial charge in [-0.2, -0.15) is 0 Å². The first-order chi connectivity index (χ1) is 15.1. The third-order valence-corrected chi connectivity index (χ3v) is 6.39. The standard InChI is InChI=1S/C24H22Cl2N4O/c1-15-3-2-4-18(11-15)30-13-19(16-5-6-20(25)21(26)12-16)22-23(27-14-28-24(22)30)29-17-7-9-31-10-8-17/h2-6,11-14,17H,7-10H2,1H3,(H,27,28,29). The van der Waals surface area contributed by atoms with Gasteiger partial charge in [0.05, 0.1) is 15.4 Å². The maximum absolute atomic E-state index is 6.36. The molecule has 7 heteroatoms. The molecule has 1 saturated heterocycles. The van der Waals surface area contributed by atoms with Crippen molar-refractivity contribution >= 4 is 40.1 Å². The van der Waals surface area contributed by atoms with E-state index in [1.807, 2.05) is 18.2 Å². The summed E-state index contributed by atoms with van der Waals surface area (Å²) in [4.78, 5) is 9.27. The average molecular weight is 453 g/mol. The molecule has 0 amide bonds. The summed E-state index contributed by atoms with van der Waals surface area (Å²) in [5.74, 6) is 0.823. The average Bonchev–Trinajstić information content (AvgIpc) is 3.17. The van der Waals surface area contributed by atoms with E-state index < -0.39 is 0 Å². The summed E-state index contributed by atoms with van der Waals surface area (Å²) in [6.45, 7) is 3.61. The number of halogens is 2. The van der Waals surface area contributed by atoms with E-state index in [1.165, 1.54) is 5.56 Å². The minimum absolute atomic E-state index is 0.316. The Kier molecular flexibility index (Phi) is 5.57. The van der Waals surface area contributed by atoms with E-state index in [2.05, 4.69) is 57.2 Å². The van der Waals surface area contributed by atoms with Gasteiger partial charge in [-0.3, -0.25) is 0 Å². The first-order valence-electron chi connectivity index (χ1n) is 10.3. The first-order valence-corrected chi connectivity index (χ1v) is 11.1. The van der Waals surface area contributed by atoms with Crippen LogP contribution in [0.3, 0.4) is 0 Å². The van der Waals surface area contributed by atoms with E-state index in [-0.39, 0.29) is 0 Å². The molecule has 0 saturated carbocycles. The van der Waals surface area contributed by atoms with Gasteiger partial charge >= 0.3 is 0 Å². The maximum Gasteiger partial charge on any atom is 0.150 e. The lowest BCUT2D eigenvalue weighted by atomic mass is 10.1. The van der Waals surface area contributed by atoms with Crippen molar-refractivity contribution in [3.05, 3.63) is 70.6 Å². The zero-order valence-corrected chi connectivity index (χ0v) is 18.6. The molecule has 5 nitrogen and oxygen atoms in total. The lowest BCUT2D eigenvalue weighted by Crippen LogP contribution is -2.28. The lowest BCUT2D eigenvalue weighted by molar-refractivity contribution is 0.0904. The number of nitrogens with one attached hydrogen (secondary N) is 1. The van der Waals surface area contributed by atoms with Gasteiger partial charge < -0.3 is 14.6 Å². The van der Waals surface area contributed by atoms with Crippen LogP contribution in [0.15, 0.2) is 55.0 Å². The molecule has 0 atom stereocenters. The minimum atomic E-state index is 0.316. The minimum Gasteiger partial charge on any atom is -0.381 e. The third-order valence-electron chi connectivity index (χ3n) is 5.66. The number of anilines is 1. The molecule has 0 spiro atoms. The summed E-state index contributed by atoms with van der Waals surface area (Å²) < 4.78 is 7.62. The van der Waals surface area contributed by atoms with Crippen molar-refractivity contribution in [3.8, 4) is 16.8 Å². The van der Waals surface area contributed by atoms with Gasteiger partial charge in [0.25, 0.3) is 0 Å². The summed E-state index contributed by atoms with van der Waals surface area (Å²) in [6, 6.07) is 14.4. The highest BCUT2D eigenvalue weighted by Gasteiger charge is 2.21. The van der Waals surface area contributed by atoms with Gasteiger partial charge in [0.2, 0.25) is 0 Å². The van der Waals surface area contributed by atoms with E-state index in [4.69, 9.17) is 27.9 Å². The summed E-state index contributed by atoms with van der Waals surface area (Å²) in [5.41, 5.74) is 5.05. The highest BCUT2D eigenvalue weighted by molar-refractivity contribution is 6.42. The van der Waals surface area contributed by atoms with Crippen molar-refractivity contribution in [2.75, 3.05) is 18.5 Å². The van der Waals surface area contributed by atoms with Crippen LogP contribution in [-0.2, 0) is 4.74 Å². The summed E-state index contributed by atoms with van der Waals surface area (Å²) >= 11 is 12.5. The van der Waals surface area contributed by atoms with Crippen LogP contribution < -0.4 is 5.32 Å². The fraction of sp³-hybridized carbons (Fsp3) is 0.250. The zero-order chi connectivity index (χ0) is 21.4. The van der Waals surface area contributed by atoms with Crippen molar-refractivity contribution in [2.24, 2.45) is 0 Å². The van der Waals surface area contributed by atoms with Crippen molar-refractivity contribution in [3.63, 3.8) is 0 Å². The SMILES string of the molecule is Cc1cccc(-n2cc(-c3ccc(Cl)c(Cl)c3)c3c(NC4CCOCC4)ncnc32)c1. The van der Waals surface area contributed by atoms with Crippen molar-refractivity contribution in [1.29, 1.82) is 0 Å². The van der Waals surface area contributed by atoms with Crippen LogP contribution >= 0.6 is 23.2 Å². The normalized spacial score (nSPS) is 14.8.